The largest absolute Gasteiger partial charge is 0.376 e. The van der Waals surface area contributed by atoms with Crippen molar-refractivity contribution in [1.82, 2.24) is 5.32 Å². The Morgan fingerprint density at radius 2 is 2.00 bits per heavy atom. The van der Waals surface area contributed by atoms with E-state index >= 15 is 0 Å². The van der Waals surface area contributed by atoms with E-state index in [0.717, 1.165) is 19.0 Å². The zero-order valence-corrected chi connectivity index (χ0v) is 8.64. The van der Waals surface area contributed by atoms with E-state index in [1.54, 1.807) is 0 Å². The Bertz CT molecular complexity index is 154. The second-order valence-electron chi connectivity index (χ2n) is 4.68. The molecule has 76 valence electrons. The van der Waals surface area contributed by atoms with Crippen LogP contribution in [0.2, 0.25) is 0 Å². The van der Waals surface area contributed by atoms with Crippen LogP contribution in [0, 0.1) is 5.92 Å². The predicted octanol–water partition coefficient (Wildman–Crippen LogP) is 1.95. The lowest BCUT2D eigenvalue weighted by Crippen LogP contribution is -2.60. The Kier molecular flexibility index (Phi) is 2.89. The van der Waals surface area contributed by atoms with Gasteiger partial charge in [0.05, 0.1) is 5.60 Å². The first-order chi connectivity index (χ1) is 6.35. The standard InChI is InChI=1S/C11H21NO/c1-13-11(8-12-9-11)7-6-10-4-2-3-5-10/h10,12H,2-9H2,1H3. The molecule has 0 aromatic rings. The van der Waals surface area contributed by atoms with Crippen LogP contribution in [0.4, 0.5) is 0 Å². The third-order valence-corrected chi connectivity index (χ3v) is 3.81. The fourth-order valence-corrected chi connectivity index (χ4v) is 2.59. The van der Waals surface area contributed by atoms with Crippen molar-refractivity contribution in [1.29, 1.82) is 0 Å². The minimum atomic E-state index is 0.211. The van der Waals surface area contributed by atoms with Crippen LogP contribution in [0.15, 0.2) is 0 Å². The highest BCUT2D eigenvalue weighted by molar-refractivity contribution is 4.94. The van der Waals surface area contributed by atoms with E-state index in [0.29, 0.717) is 0 Å². The van der Waals surface area contributed by atoms with Gasteiger partial charge in [-0.25, -0.2) is 0 Å². The van der Waals surface area contributed by atoms with Gasteiger partial charge < -0.3 is 10.1 Å². The number of hydrogen-bond donors (Lipinski definition) is 1. The first-order valence-electron chi connectivity index (χ1n) is 5.60. The van der Waals surface area contributed by atoms with Crippen molar-refractivity contribution in [3.05, 3.63) is 0 Å². The van der Waals surface area contributed by atoms with Gasteiger partial charge in [-0.3, -0.25) is 0 Å². The van der Waals surface area contributed by atoms with Gasteiger partial charge in [-0.15, -0.1) is 0 Å². The lowest BCUT2D eigenvalue weighted by Gasteiger charge is -2.42. The molecule has 0 spiro atoms. The average molecular weight is 183 g/mol. The maximum atomic E-state index is 5.57. The smallest absolute Gasteiger partial charge is 0.0926 e. The maximum absolute atomic E-state index is 5.57. The molecule has 1 aliphatic carbocycles. The van der Waals surface area contributed by atoms with E-state index in [1.165, 1.54) is 38.5 Å². The second-order valence-corrected chi connectivity index (χ2v) is 4.68. The van der Waals surface area contributed by atoms with Gasteiger partial charge in [-0.1, -0.05) is 25.7 Å². The summed E-state index contributed by atoms with van der Waals surface area (Å²) in [6.07, 6.45) is 8.50. The van der Waals surface area contributed by atoms with E-state index in [2.05, 4.69) is 5.32 Å². The fourth-order valence-electron chi connectivity index (χ4n) is 2.59. The Morgan fingerprint density at radius 1 is 1.31 bits per heavy atom. The van der Waals surface area contributed by atoms with Gasteiger partial charge in [0.1, 0.15) is 0 Å². The van der Waals surface area contributed by atoms with Gasteiger partial charge in [0.2, 0.25) is 0 Å². The summed E-state index contributed by atoms with van der Waals surface area (Å²) in [6.45, 7) is 2.13. The molecule has 1 heterocycles. The van der Waals surface area contributed by atoms with Crippen LogP contribution in [0.25, 0.3) is 0 Å². The molecule has 2 fully saturated rings. The second kappa shape index (κ2) is 3.97. The Labute approximate surface area is 81.0 Å². The zero-order valence-electron chi connectivity index (χ0n) is 8.64. The predicted molar refractivity (Wildman–Crippen MR) is 53.8 cm³/mol. The molecule has 2 heteroatoms. The minimum Gasteiger partial charge on any atom is -0.376 e. The maximum Gasteiger partial charge on any atom is 0.0926 e. The molecule has 0 radical (unpaired) electrons. The summed E-state index contributed by atoms with van der Waals surface area (Å²) in [4.78, 5) is 0. The molecule has 1 aliphatic heterocycles. The number of nitrogens with one attached hydrogen (secondary N) is 1. The summed E-state index contributed by atoms with van der Waals surface area (Å²) < 4.78 is 5.57. The van der Waals surface area contributed by atoms with E-state index in [-0.39, 0.29) is 5.60 Å². The van der Waals surface area contributed by atoms with Crippen molar-refractivity contribution in [3.63, 3.8) is 0 Å². The quantitative estimate of drug-likeness (QED) is 0.719. The summed E-state index contributed by atoms with van der Waals surface area (Å²) in [5, 5.41) is 3.30. The summed E-state index contributed by atoms with van der Waals surface area (Å²) in [5.74, 6) is 1.01. The van der Waals surface area contributed by atoms with Crippen molar-refractivity contribution >= 4 is 0 Å². The summed E-state index contributed by atoms with van der Waals surface area (Å²) in [6, 6.07) is 0. The number of rotatable bonds is 4. The Balaban J connectivity index is 1.71. The molecule has 0 aromatic heterocycles. The van der Waals surface area contributed by atoms with Crippen molar-refractivity contribution in [2.24, 2.45) is 5.92 Å². The van der Waals surface area contributed by atoms with Crippen LogP contribution in [0.5, 0.6) is 0 Å². The van der Waals surface area contributed by atoms with E-state index in [1.807, 2.05) is 7.11 Å². The van der Waals surface area contributed by atoms with Gasteiger partial charge in [-0.2, -0.15) is 0 Å². The normalized spacial score (nSPS) is 27.5. The first-order valence-corrected chi connectivity index (χ1v) is 5.60. The van der Waals surface area contributed by atoms with Gasteiger partial charge in [-0.05, 0) is 18.8 Å². The third-order valence-electron chi connectivity index (χ3n) is 3.81. The highest BCUT2D eigenvalue weighted by Crippen LogP contribution is 2.32. The monoisotopic (exact) mass is 183 g/mol. The van der Waals surface area contributed by atoms with E-state index < -0.39 is 0 Å². The molecule has 0 aromatic carbocycles. The molecule has 1 saturated heterocycles. The van der Waals surface area contributed by atoms with Crippen molar-refractivity contribution in [2.45, 2.75) is 44.1 Å². The number of ether oxygens (including phenoxy) is 1. The van der Waals surface area contributed by atoms with Crippen LogP contribution in [0.1, 0.15) is 38.5 Å². The van der Waals surface area contributed by atoms with Gasteiger partial charge in [0, 0.05) is 20.2 Å². The van der Waals surface area contributed by atoms with Crippen LogP contribution in [-0.4, -0.2) is 25.8 Å². The van der Waals surface area contributed by atoms with Gasteiger partial charge in [0.15, 0.2) is 0 Å². The van der Waals surface area contributed by atoms with Crippen molar-refractivity contribution < 1.29 is 4.74 Å². The molecule has 1 N–H and O–H groups in total. The van der Waals surface area contributed by atoms with E-state index in [4.69, 9.17) is 4.74 Å². The summed E-state index contributed by atoms with van der Waals surface area (Å²) >= 11 is 0. The van der Waals surface area contributed by atoms with E-state index in [9.17, 15) is 0 Å². The SMILES string of the molecule is COC1(CCC2CCCC2)CNC1. The van der Waals surface area contributed by atoms with Crippen LogP contribution in [0.3, 0.4) is 0 Å². The molecule has 2 nitrogen and oxygen atoms in total. The number of hydrogen-bond acceptors (Lipinski definition) is 2. The molecule has 0 unspecified atom stereocenters. The topological polar surface area (TPSA) is 21.3 Å². The molecule has 2 aliphatic rings. The average Bonchev–Trinajstić information content (AvgIpc) is 2.56. The van der Waals surface area contributed by atoms with Crippen LogP contribution < -0.4 is 5.32 Å². The highest BCUT2D eigenvalue weighted by Gasteiger charge is 2.37. The zero-order chi connectivity index (χ0) is 9.15. The first kappa shape index (κ1) is 9.47. The molecular weight excluding hydrogens is 162 g/mol. The van der Waals surface area contributed by atoms with Crippen LogP contribution >= 0.6 is 0 Å². The summed E-state index contributed by atoms with van der Waals surface area (Å²) in [5.41, 5.74) is 0.211. The fraction of sp³-hybridized carbons (Fsp3) is 1.00. The lowest BCUT2D eigenvalue weighted by molar-refractivity contribution is -0.0606. The summed E-state index contributed by atoms with van der Waals surface area (Å²) in [7, 11) is 1.86. The van der Waals surface area contributed by atoms with Crippen molar-refractivity contribution in [3.8, 4) is 0 Å². The molecule has 2 rings (SSSR count). The van der Waals surface area contributed by atoms with Gasteiger partial charge in [0.25, 0.3) is 0 Å². The highest BCUT2D eigenvalue weighted by atomic mass is 16.5. The molecule has 1 saturated carbocycles. The molecule has 0 bridgehead atoms. The van der Waals surface area contributed by atoms with Crippen molar-refractivity contribution in [2.75, 3.05) is 20.2 Å². The molecule has 13 heavy (non-hydrogen) atoms. The Hall–Kier alpha value is -0.0800. The van der Waals surface area contributed by atoms with Gasteiger partial charge >= 0.3 is 0 Å². The molecule has 0 atom stereocenters. The third kappa shape index (κ3) is 2.05. The lowest BCUT2D eigenvalue weighted by atomic mass is 9.87. The Morgan fingerprint density at radius 3 is 2.46 bits per heavy atom. The number of methoxy groups -OCH3 is 1. The van der Waals surface area contributed by atoms with Crippen LogP contribution in [-0.2, 0) is 4.74 Å². The molecular formula is C11H21NO. The minimum absolute atomic E-state index is 0.211. The molecule has 0 amide bonds.